The van der Waals surface area contributed by atoms with E-state index in [9.17, 15) is 0 Å². The van der Waals surface area contributed by atoms with Gasteiger partial charge in [0.05, 0.1) is 25.4 Å². The molecular formula is C13H28O3. The average molecular weight is 232 g/mol. The fourth-order valence-electron chi connectivity index (χ4n) is 1.15. The van der Waals surface area contributed by atoms with E-state index in [4.69, 9.17) is 14.2 Å². The molecule has 16 heavy (non-hydrogen) atoms. The van der Waals surface area contributed by atoms with Crippen molar-refractivity contribution in [1.29, 1.82) is 0 Å². The van der Waals surface area contributed by atoms with E-state index in [1.807, 2.05) is 13.8 Å². The first-order valence-corrected chi connectivity index (χ1v) is 6.37. The number of ether oxygens (including phenoxy) is 3. The van der Waals surface area contributed by atoms with Gasteiger partial charge in [-0.15, -0.1) is 0 Å². The molecule has 3 nitrogen and oxygen atoms in total. The second-order valence-electron chi connectivity index (χ2n) is 4.76. The maximum absolute atomic E-state index is 5.63. The quantitative estimate of drug-likeness (QED) is 0.542. The molecule has 0 aliphatic heterocycles. The van der Waals surface area contributed by atoms with Crippen LogP contribution in [-0.4, -0.2) is 38.6 Å². The maximum Gasteiger partial charge on any atom is 0.0781 e. The first-order chi connectivity index (χ1) is 7.56. The molecule has 98 valence electrons. The van der Waals surface area contributed by atoms with Gasteiger partial charge in [0.2, 0.25) is 0 Å². The van der Waals surface area contributed by atoms with Crippen molar-refractivity contribution >= 4 is 0 Å². The summed E-state index contributed by atoms with van der Waals surface area (Å²) in [6, 6.07) is 0. The van der Waals surface area contributed by atoms with Crippen LogP contribution in [0.3, 0.4) is 0 Å². The molecule has 0 rings (SSSR count). The van der Waals surface area contributed by atoms with Crippen LogP contribution in [-0.2, 0) is 14.2 Å². The van der Waals surface area contributed by atoms with Crippen molar-refractivity contribution < 1.29 is 14.2 Å². The third-order valence-corrected chi connectivity index (χ3v) is 2.03. The Labute approximate surface area is 100 Å². The molecule has 0 bridgehead atoms. The monoisotopic (exact) mass is 232 g/mol. The van der Waals surface area contributed by atoms with Crippen LogP contribution >= 0.6 is 0 Å². The lowest BCUT2D eigenvalue weighted by molar-refractivity contribution is -0.0610. The third kappa shape index (κ3) is 10.4. The Kier molecular flexibility index (Phi) is 9.99. The van der Waals surface area contributed by atoms with Crippen molar-refractivity contribution in [3.8, 4) is 0 Å². The maximum atomic E-state index is 5.63. The molecule has 0 saturated carbocycles. The minimum atomic E-state index is 0.150. The zero-order valence-corrected chi connectivity index (χ0v) is 11.5. The molecule has 0 aliphatic rings. The molecule has 0 amide bonds. The molecule has 0 heterocycles. The SMILES string of the molecule is CCCOCC(C)OCC(C)OCC(C)C. The van der Waals surface area contributed by atoms with Gasteiger partial charge >= 0.3 is 0 Å². The summed E-state index contributed by atoms with van der Waals surface area (Å²) in [5, 5.41) is 0. The summed E-state index contributed by atoms with van der Waals surface area (Å²) in [6.07, 6.45) is 1.37. The molecule has 0 fully saturated rings. The van der Waals surface area contributed by atoms with E-state index in [-0.39, 0.29) is 12.2 Å². The van der Waals surface area contributed by atoms with Crippen molar-refractivity contribution in [2.24, 2.45) is 5.92 Å². The van der Waals surface area contributed by atoms with E-state index >= 15 is 0 Å². The molecule has 2 atom stereocenters. The second kappa shape index (κ2) is 10.1. The van der Waals surface area contributed by atoms with Gasteiger partial charge in [-0.25, -0.2) is 0 Å². The van der Waals surface area contributed by atoms with E-state index < -0.39 is 0 Å². The first-order valence-electron chi connectivity index (χ1n) is 6.37. The van der Waals surface area contributed by atoms with Crippen LogP contribution in [0.2, 0.25) is 0 Å². The fraction of sp³-hybridized carbons (Fsp3) is 1.00. The summed E-state index contributed by atoms with van der Waals surface area (Å²) in [7, 11) is 0. The largest absolute Gasteiger partial charge is 0.379 e. The Bertz CT molecular complexity index is 148. The Morgan fingerprint density at radius 1 is 0.812 bits per heavy atom. The molecule has 0 radical (unpaired) electrons. The lowest BCUT2D eigenvalue weighted by Gasteiger charge is -2.18. The van der Waals surface area contributed by atoms with Crippen LogP contribution in [0, 0.1) is 5.92 Å². The Balaban J connectivity index is 3.39. The molecule has 0 aromatic heterocycles. The molecule has 0 spiro atoms. The van der Waals surface area contributed by atoms with Gasteiger partial charge in [0, 0.05) is 13.2 Å². The number of rotatable bonds is 10. The summed E-state index contributed by atoms with van der Waals surface area (Å²) in [6.45, 7) is 13.4. The third-order valence-electron chi connectivity index (χ3n) is 2.03. The van der Waals surface area contributed by atoms with Gasteiger partial charge in [0.15, 0.2) is 0 Å². The number of hydrogen-bond acceptors (Lipinski definition) is 3. The summed E-state index contributed by atoms with van der Waals surface area (Å²) in [4.78, 5) is 0. The second-order valence-corrected chi connectivity index (χ2v) is 4.76. The van der Waals surface area contributed by atoms with Crippen molar-refractivity contribution in [2.75, 3.05) is 26.4 Å². The van der Waals surface area contributed by atoms with Gasteiger partial charge in [0.25, 0.3) is 0 Å². The van der Waals surface area contributed by atoms with Crippen molar-refractivity contribution in [3.05, 3.63) is 0 Å². The predicted molar refractivity (Wildman–Crippen MR) is 66.8 cm³/mol. The highest BCUT2D eigenvalue weighted by molar-refractivity contribution is 4.53. The zero-order valence-electron chi connectivity index (χ0n) is 11.5. The highest BCUT2D eigenvalue weighted by atomic mass is 16.6. The van der Waals surface area contributed by atoms with E-state index in [0.717, 1.165) is 19.6 Å². The Hall–Kier alpha value is -0.120. The highest BCUT2D eigenvalue weighted by Gasteiger charge is 2.07. The molecule has 0 aliphatic carbocycles. The van der Waals surface area contributed by atoms with Gasteiger partial charge in [0.1, 0.15) is 0 Å². The topological polar surface area (TPSA) is 27.7 Å². The van der Waals surface area contributed by atoms with Crippen LogP contribution in [0.25, 0.3) is 0 Å². The van der Waals surface area contributed by atoms with Gasteiger partial charge in [-0.3, -0.25) is 0 Å². The first kappa shape index (κ1) is 15.9. The molecule has 2 unspecified atom stereocenters. The van der Waals surface area contributed by atoms with Gasteiger partial charge < -0.3 is 14.2 Å². The fourth-order valence-corrected chi connectivity index (χ4v) is 1.15. The van der Waals surface area contributed by atoms with Crippen LogP contribution < -0.4 is 0 Å². The minimum absolute atomic E-state index is 0.150. The zero-order chi connectivity index (χ0) is 12.4. The summed E-state index contributed by atoms with van der Waals surface area (Å²) in [5.41, 5.74) is 0. The lowest BCUT2D eigenvalue weighted by Crippen LogP contribution is -2.24. The summed E-state index contributed by atoms with van der Waals surface area (Å²) < 4.78 is 16.7. The van der Waals surface area contributed by atoms with E-state index in [1.165, 1.54) is 0 Å². The standard InChI is InChI=1S/C13H28O3/c1-6-7-14-9-12(4)16-10-13(5)15-8-11(2)3/h11-13H,6-10H2,1-5H3. The molecule has 0 aromatic rings. The van der Waals surface area contributed by atoms with Crippen LogP contribution in [0.4, 0.5) is 0 Å². The van der Waals surface area contributed by atoms with Gasteiger partial charge in [-0.1, -0.05) is 20.8 Å². The molecule has 0 aromatic carbocycles. The van der Waals surface area contributed by atoms with Crippen LogP contribution in [0.15, 0.2) is 0 Å². The summed E-state index contributed by atoms with van der Waals surface area (Å²) in [5.74, 6) is 0.577. The highest BCUT2D eigenvalue weighted by Crippen LogP contribution is 2.01. The van der Waals surface area contributed by atoms with E-state index in [2.05, 4.69) is 20.8 Å². The Morgan fingerprint density at radius 3 is 1.94 bits per heavy atom. The smallest absolute Gasteiger partial charge is 0.0781 e. The Morgan fingerprint density at radius 2 is 1.38 bits per heavy atom. The minimum Gasteiger partial charge on any atom is -0.379 e. The van der Waals surface area contributed by atoms with Gasteiger partial charge in [-0.2, -0.15) is 0 Å². The molecular weight excluding hydrogens is 204 g/mol. The van der Waals surface area contributed by atoms with Crippen molar-refractivity contribution in [1.82, 2.24) is 0 Å². The van der Waals surface area contributed by atoms with E-state index in [1.54, 1.807) is 0 Å². The van der Waals surface area contributed by atoms with Crippen LogP contribution in [0.1, 0.15) is 41.0 Å². The van der Waals surface area contributed by atoms with E-state index in [0.29, 0.717) is 19.1 Å². The molecule has 0 N–H and O–H groups in total. The molecule has 3 heteroatoms. The average Bonchev–Trinajstić information content (AvgIpc) is 2.24. The van der Waals surface area contributed by atoms with Crippen LogP contribution in [0.5, 0.6) is 0 Å². The van der Waals surface area contributed by atoms with Gasteiger partial charge in [-0.05, 0) is 26.2 Å². The molecule has 0 saturated heterocycles. The summed E-state index contributed by atoms with van der Waals surface area (Å²) >= 11 is 0. The van der Waals surface area contributed by atoms with Crippen molar-refractivity contribution in [3.63, 3.8) is 0 Å². The number of hydrogen-bond donors (Lipinski definition) is 0. The normalized spacial score (nSPS) is 15.4. The van der Waals surface area contributed by atoms with Crippen molar-refractivity contribution in [2.45, 2.75) is 53.2 Å². The predicted octanol–water partition coefficient (Wildman–Crippen LogP) is 2.88. The lowest BCUT2D eigenvalue weighted by atomic mass is 10.2.